The van der Waals surface area contributed by atoms with Crippen molar-refractivity contribution in [3.8, 4) is 5.75 Å². The smallest absolute Gasteiger partial charge is 0.262 e. The molecule has 1 saturated heterocycles. The number of amides is 3. The van der Waals surface area contributed by atoms with Crippen LogP contribution in [0.5, 0.6) is 5.75 Å². The van der Waals surface area contributed by atoms with E-state index in [1.165, 1.54) is 0 Å². The van der Waals surface area contributed by atoms with Gasteiger partial charge in [0.2, 0.25) is 11.8 Å². The Hall–Kier alpha value is -3.39. The zero-order valence-corrected chi connectivity index (χ0v) is 19.3. The number of carbonyl (C=O) groups is 3. The molecule has 3 rings (SSSR count). The third-order valence-corrected chi connectivity index (χ3v) is 5.72. The van der Waals surface area contributed by atoms with Crippen molar-refractivity contribution in [1.29, 1.82) is 0 Å². The molecule has 2 aromatic rings. The second-order valence-electron chi connectivity index (χ2n) is 8.12. The van der Waals surface area contributed by atoms with Gasteiger partial charge >= 0.3 is 0 Å². The Morgan fingerprint density at radius 1 is 1.12 bits per heavy atom. The van der Waals surface area contributed by atoms with Crippen LogP contribution in [0.2, 0.25) is 0 Å². The Bertz CT molecular complexity index is 990. The lowest BCUT2D eigenvalue weighted by atomic mass is 10.1. The molecule has 0 aliphatic carbocycles. The van der Waals surface area contributed by atoms with E-state index in [0.29, 0.717) is 31.1 Å². The molecule has 1 atom stereocenters. The van der Waals surface area contributed by atoms with Crippen molar-refractivity contribution in [2.24, 2.45) is 5.92 Å². The van der Waals surface area contributed by atoms with E-state index in [1.807, 2.05) is 32.0 Å². The number of hydrogen-bond donors (Lipinski definition) is 2. The molecule has 2 N–H and O–H groups in total. The van der Waals surface area contributed by atoms with E-state index in [4.69, 9.17) is 9.47 Å². The maximum atomic E-state index is 12.4. The van der Waals surface area contributed by atoms with E-state index in [2.05, 4.69) is 10.6 Å². The van der Waals surface area contributed by atoms with Crippen molar-refractivity contribution in [2.45, 2.75) is 26.7 Å². The van der Waals surface area contributed by atoms with Gasteiger partial charge in [-0.3, -0.25) is 14.4 Å². The second kappa shape index (κ2) is 11.5. The lowest BCUT2D eigenvalue weighted by Gasteiger charge is -2.17. The highest BCUT2D eigenvalue weighted by atomic mass is 16.5. The summed E-state index contributed by atoms with van der Waals surface area (Å²) >= 11 is 0. The SMILES string of the molecule is COCCCNC(=O)[C@@H]1CC(=O)N(c2ccc(OCC(=O)Nc3cccc(C)c3C)cc2)C1. The Morgan fingerprint density at radius 2 is 1.88 bits per heavy atom. The Kier molecular flexibility index (Phi) is 8.43. The number of nitrogens with zero attached hydrogens (tertiary/aromatic N) is 1. The second-order valence-corrected chi connectivity index (χ2v) is 8.12. The summed E-state index contributed by atoms with van der Waals surface area (Å²) in [5, 5.41) is 5.71. The fourth-order valence-corrected chi connectivity index (χ4v) is 3.65. The molecule has 1 aliphatic heterocycles. The standard InChI is InChI=1S/C25H31N3O5/c1-17-6-4-7-22(18(17)2)27-23(29)16-33-21-10-8-20(9-11-21)28-15-19(14-24(28)30)25(31)26-12-5-13-32-3/h4,6-11,19H,5,12-16H2,1-3H3,(H,26,31)(H,27,29)/t19-/m1/s1. The molecule has 0 unspecified atom stereocenters. The molecule has 0 radical (unpaired) electrons. The number of hydrogen-bond acceptors (Lipinski definition) is 5. The van der Waals surface area contributed by atoms with Gasteiger partial charge in [0, 0.05) is 44.6 Å². The first kappa shape index (κ1) is 24.3. The molecule has 33 heavy (non-hydrogen) atoms. The third-order valence-electron chi connectivity index (χ3n) is 5.72. The van der Waals surface area contributed by atoms with Gasteiger partial charge in [-0.1, -0.05) is 12.1 Å². The predicted octanol–water partition coefficient (Wildman–Crippen LogP) is 2.83. The van der Waals surface area contributed by atoms with E-state index in [1.54, 1.807) is 36.3 Å². The summed E-state index contributed by atoms with van der Waals surface area (Å²) in [4.78, 5) is 38.6. The summed E-state index contributed by atoms with van der Waals surface area (Å²) in [6.07, 6.45) is 0.920. The molecule has 1 fully saturated rings. The average Bonchev–Trinajstić information content (AvgIpc) is 3.20. The van der Waals surface area contributed by atoms with Crippen LogP contribution >= 0.6 is 0 Å². The van der Waals surface area contributed by atoms with Gasteiger partial charge in [-0.05, 0) is 61.7 Å². The summed E-state index contributed by atoms with van der Waals surface area (Å²) in [5.74, 6) is -0.300. The molecule has 0 spiro atoms. The lowest BCUT2D eigenvalue weighted by molar-refractivity contribution is -0.126. The van der Waals surface area contributed by atoms with Crippen molar-refractivity contribution in [2.75, 3.05) is 43.6 Å². The van der Waals surface area contributed by atoms with Crippen molar-refractivity contribution in [3.05, 3.63) is 53.6 Å². The van der Waals surface area contributed by atoms with Crippen LogP contribution in [0.25, 0.3) is 0 Å². The van der Waals surface area contributed by atoms with Crippen molar-refractivity contribution < 1.29 is 23.9 Å². The molecule has 1 heterocycles. The molecular weight excluding hydrogens is 422 g/mol. The van der Waals surface area contributed by atoms with E-state index in [9.17, 15) is 14.4 Å². The number of methoxy groups -OCH3 is 1. The zero-order valence-electron chi connectivity index (χ0n) is 19.3. The predicted molar refractivity (Wildman–Crippen MR) is 126 cm³/mol. The van der Waals surface area contributed by atoms with Gasteiger partial charge in [-0.25, -0.2) is 0 Å². The first-order chi connectivity index (χ1) is 15.9. The monoisotopic (exact) mass is 453 g/mol. The minimum Gasteiger partial charge on any atom is -0.484 e. The summed E-state index contributed by atoms with van der Waals surface area (Å²) in [7, 11) is 1.62. The first-order valence-corrected chi connectivity index (χ1v) is 11.0. The minimum atomic E-state index is -0.371. The molecular formula is C25H31N3O5. The zero-order chi connectivity index (χ0) is 23.8. The van der Waals surface area contributed by atoms with Crippen LogP contribution < -0.4 is 20.3 Å². The molecule has 0 bridgehead atoms. The van der Waals surface area contributed by atoms with E-state index in [0.717, 1.165) is 23.2 Å². The number of ether oxygens (including phenoxy) is 2. The van der Waals surface area contributed by atoms with Gasteiger partial charge in [0.05, 0.1) is 5.92 Å². The number of anilines is 2. The van der Waals surface area contributed by atoms with Crippen LogP contribution in [0.4, 0.5) is 11.4 Å². The number of nitrogens with one attached hydrogen (secondary N) is 2. The van der Waals surface area contributed by atoms with Crippen LogP contribution in [-0.4, -0.2) is 51.1 Å². The van der Waals surface area contributed by atoms with Gasteiger partial charge in [0.15, 0.2) is 6.61 Å². The van der Waals surface area contributed by atoms with Crippen molar-refractivity contribution in [1.82, 2.24) is 5.32 Å². The highest BCUT2D eigenvalue weighted by Crippen LogP contribution is 2.27. The molecule has 2 aromatic carbocycles. The molecule has 176 valence electrons. The van der Waals surface area contributed by atoms with E-state index >= 15 is 0 Å². The fraction of sp³-hybridized carbons (Fsp3) is 0.400. The summed E-state index contributed by atoms with van der Waals surface area (Å²) in [6, 6.07) is 12.7. The number of carbonyl (C=O) groups excluding carboxylic acids is 3. The third kappa shape index (κ3) is 6.55. The van der Waals surface area contributed by atoms with E-state index in [-0.39, 0.29) is 36.7 Å². The molecule has 1 aliphatic rings. The number of benzene rings is 2. The Morgan fingerprint density at radius 3 is 2.61 bits per heavy atom. The normalized spacial score (nSPS) is 15.4. The average molecular weight is 454 g/mol. The van der Waals surface area contributed by atoms with Gasteiger partial charge < -0.3 is 25.0 Å². The van der Waals surface area contributed by atoms with Gasteiger partial charge in [0.25, 0.3) is 5.91 Å². The van der Waals surface area contributed by atoms with Crippen LogP contribution in [-0.2, 0) is 19.1 Å². The van der Waals surface area contributed by atoms with Gasteiger partial charge in [0.1, 0.15) is 5.75 Å². The summed E-state index contributed by atoms with van der Waals surface area (Å²) < 4.78 is 10.6. The molecule has 8 nitrogen and oxygen atoms in total. The highest BCUT2D eigenvalue weighted by molar-refractivity contribution is 6.00. The Labute approximate surface area is 194 Å². The molecule has 0 saturated carbocycles. The molecule has 0 aromatic heterocycles. The lowest BCUT2D eigenvalue weighted by Crippen LogP contribution is -2.33. The maximum Gasteiger partial charge on any atom is 0.262 e. The fourth-order valence-electron chi connectivity index (χ4n) is 3.65. The quantitative estimate of drug-likeness (QED) is 0.539. The maximum absolute atomic E-state index is 12.4. The van der Waals surface area contributed by atoms with Gasteiger partial charge in [-0.2, -0.15) is 0 Å². The minimum absolute atomic E-state index is 0.0892. The van der Waals surface area contributed by atoms with Crippen molar-refractivity contribution in [3.63, 3.8) is 0 Å². The van der Waals surface area contributed by atoms with Crippen molar-refractivity contribution >= 4 is 29.1 Å². The first-order valence-electron chi connectivity index (χ1n) is 11.0. The van der Waals surface area contributed by atoms with Crippen LogP contribution in [0.3, 0.4) is 0 Å². The summed E-state index contributed by atoms with van der Waals surface area (Å²) in [6.45, 7) is 5.28. The Balaban J connectivity index is 1.49. The number of aryl methyl sites for hydroxylation is 1. The summed E-state index contributed by atoms with van der Waals surface area (Å²) in [5.41, 5.74) is 3.59. The van der Waals surface area contributed by atoms with E-state index < -0.39 is 0 Å². The van der Waals surface area contributed by atoms with Crippen LogP contribution in [0.15, 0.2) is 42.5 Å². The number of rotatable bonds is 10. The van der Waals surface area contributed by atoms with Crippen LogP contribution in [0.1, 0.15) is 24.0 Å². The molecule has 8 heteroatoms. The topological polar surface area (TPSA) is 97.0 Å². The largest absolute Gasteiger partial charge is 0.484 e. The van der Waals surface area contributed by atoms with Gasteiger partial charge in [-0.15, -0.1) is 0 Å². The van der Waals surface area contributed by atoms with Crippen LogP contribution in [0, 0.1) is 19.8 Å². The molecule has 3 amide bonds. The highest BCUT2D eigenvalue weighted by Gasteiger charge is 2.34.